The van der Waals surface area contributed by atoms with E-state index in [2.05, 4.69) is 20.0 Å². The van der Waals surface area contributed by atoms with Gasteiger partial charge in [-0.25, -0.2) is 19.0 Å². The average Bonchev–Trinajstić information content (AvgIpc) is 3.25. The van der Waals surface area contributed by atoms with E-state index in [1.165, 1.54) is 32.2 Å². The number of nitrogens with zero attached hydrogens (tertiary/aromatic N) is 3. The van der Waals surface area contributed by atoms with Gasteiger partial charge in [0.2, 0.25) is 5.60 Å². The first-order valence-electron chi connectivity index (χ1n) is 10.9. The first-order valence-corrected chi connectivity index (χ1v) is 13.4. The number of hydrogen-bond acceptors (Lipinski definition) is 13. The number of carboxylic acids is 1. The van der Waals surface area contributed by atoms with Crippen LogP contribution >= 0.6 is 19.1 Å². The Morgan fingerprint density at radius 1 is 1.28 bits per heavy atom. The number of thiazole rings is 1. The molecule has 2 aromatic rings. The molecule has 1 aromatic carbocycles. The van der Waals surface area contributed by atoms with Crippen LogP contribution in [0.25, 0.3) is 0 Å². The van der Waals surface area contributed by atoms with Crippen molar-refractivity contribution in [2.75, 3.05) is 5.73 Å². The van der Waals surface area contributed by atoms with Gasteiger partial charge in [0, 0.05) is 5.38 Å². The average molecular weight is 585 g/mol. The van der Waals surface area contributed by atoms with Crippen LogP contribution in [0.1, 0.15) is 32.0 Å². The topological polar surface area (TPSA) is 251 Å². The number of phenolic OH excluding ortho intramolecular Hbond substituents is 2. The predicted octanol–water partition coefficient (Wildman–Crippen LogP) is 0.322. The Hall–Kier alpha value is -4.21. The molecule has 0 saturated carbocycles. The quantitative estimate of drug-likeness (QED) is 0.0723. The smallest absolute Gasteiger partial charge is 0.491 e. The molecule has 3 rings (SSSR count). The number of carboxylic acid groups (broad SMARTS) is 1. The summed E-state index contributed by atoms with van der Waals surface area (Å²) in [5.74, 6) is -5.61. The lowest BCUT2D eigenvalue weighted by Crippen LogP contribution is -2.68. The molecular formula is C21H24N5O11PS. The number of oxime groups is 1. The molecule has 18 heteroatoms. The number of nitrogens with one attached hydrogen (secondary N) is 1. The van der Waals surface area contributed by atoms with Crippen molar-refractivity contribution in [1.82, 2.24) is 15.0 Å². The lowest BCUT2D eigenvalue weighted by atomic mass is 10.0. The number of anilines is 1. The molecule has 0 bridgehead atoms. The third-order valence-electron chi connectivity index (χ3n) is 5.39. The van der Waals surface area contributed by atoms with Crippen LogP contribution in [0.3, 0.4) is 0 Å². The molecule has 2 heterocycles. The fourth-order valence-electron chi connectivity index (χ4n) is 3.21. The molecule has 0 aliphatic carbocycles. The van der Waals surface area contributed by atoms with E-state index in [1.807, 2.05) is 0 Å². The minimum atomic E-state index is -5.00. The van der Waals surface area contributed by atoms with Gasteiger partial charge < -0.3 is 35.7 Å². The largest absolute Gasteiger partial charge is 0.504 e. The third kappa shape index (κ3) is 6.45. The van der Waals surface area contributed by atoms with Crippen LogP contribution in [-0.4, -0.2) is 77.0 Å². The number of aliphatic carboxylic acids is 1. The van der Waals surface area contributed by atoms with Crippen molar-refractivity contribution in [2.24, 2.45) is 5.16 Å². The highest BCUT2D eigenvalue weighted by Crippen LogP contribution is 2.52. The van der Waals surface area contributed by atoms with E-state index in [0.29, 0.717) is 4.67 Å². The standard InChI is InChI=1S/C21H24N5O11PS/c1-9-15(24-17(30)16(11-8-39-20(22)23-11)25-37-21(2,3)19(32)33)18(31)26(9)38(34,35)36-14(29)7-10-4-5-12(27)13(28)6-10/h4-6,8-9,15,27-28H,7H2,1-3H3,(H2,22,23)(H,24,30)(H,32,33)(H,34,35)/t9-,15-/m0/s1. The minimum Gasteiger partial charge on any atom is -0.504 e. The van der Waals surface area contributed by atoms with E-state index in [9.17, 15) is 44.0 Å². The summed E-state index contributed by atoms with van der Waals surface area (Å²) in [7, 11) is -5.00. The van der Waals surface area contributed by atoms with Crippen LogP contribution in [-0.2, 0) is 39.5 Å². The van der Waals surface area contributed by atoms with Crippen LogP contribution in [0.15, 0.2) is 28.7 Å². The molecule has 16 nitrogen and oxygen atoms in total. The Morgan fingerprint density at radius 3 is 2.49 bits per heavy atom. The number of nitrogens with two attached hydrogens (primary N) is 1. The molecule has 1 saturated heterocycles. The molecule has 1 fully saturated rings. The van der Waals surface area contributed by atoms with E-state index >= 15 is 0 Å². The van der Waals surface area contributed by atoms with E-state index in [-0.39, 0.29) is 16.4 Å². The van der Waals surface area contributed by atoms with Crippen LogP contribution in [0.5, 0.6) is 11.5 Å². The number of rotatable bonds is 10. The second kappa shape index (κ2) is 10.9. The summed E-state index contributed by atoms with van der Waals surface area (Å²) in [4.78, 5) is 68.3. The predicted molar refractivity (Wildman–Crippen MR) is 133 cm³/mol. The Kier molecular flexibility index (Phi) is 8.19. The maximum absolute atomic E-state index is 13.0. The van der Waals surface area contributed by atoms with Gasteiger partial charge >= 0.3 is 19.7 Å². The van der Waals surface area contributed by atoms with Gasteiger partial charge in [0.25, 0.3) is 11.8 Å². The number of aromatic nitrogens is 1. The SMILES string of the molecule is C[C@H]1[C@H](NC(=O)C(=NOC(C)(C)C(=O)O)c2csc(N)n2)C(=O)N1P(=O)(O)OC(=O)Cc1ccc(O)c(O)c1. The maximum Gasteiger partial charge on any atom is 0.491 e. The Balaban J connectivity index is 1.70. The van der Waals surface area contributed by atoms with E-state index in [4.69, 9.17) is 10.6 Å². The zero-order valence-corrected chi connectivity index (χ0v) is 22.3. The highest BCUT2D eigenvalue weighted by molar-refractivity contribution is 7.51. The van der Waals surface area contributed by atoms with Gasteiger partial charge in [-0.1, -0.05) is 11.2 Å². The number of aromatic hydroxyl groups is 2. The number of carbonyl (C=O) groups excluding carboxylic acids is 3. The Morgan fingerprint density at radius 2 is 1.95 bits per heavy atom. The molecule has 3 atom stereocenters. The van der Waals surface area contributed by atoms with Gasteiger partial charge in [-0.15, -0.1) is 11.3 Å². The Labute approximate surface area is 224 Å². The fraction of sp³-hybridized carbons (Fsp3) is 0.333. The van der Waals surface area contributed by atoms with Crippen molar-refractivity contribution >= 4 is 53.7 Å². The first-order chi connectivity index (χ1) is 18.0. The van der Waals surface area contributed by atoms with Crippen molar-refractivity contribution in [3.63, 3.8) is 0 Å². The highest BCUT2D eigenvalue weighted by Gasteiger charge is 2.56. The number of hydrogen-bond donors (Lipinski definition) is 6. The summed E-state index contributed by atoms with van der Waals surface area (Å²) in [6.45, 7) is 3.68. The number of benzene rings is 1. The van der Waals surface area contributed by atoms with Gasteiger partial charge in [0.1, 0.15) is 11.7 Å². The van der Waals surface area contributed by atoms with Crippen molar-refractivity contribution in [3.8, 4) is 11.5 Å². The lowest BCUT2D eigenvalue weighted by molar-refractivity contribution is -0.161. The molecule has 1 aliphatic heterocycles. The number of β-lactam (4-membered cyclic amide) rings is 1. The third-order valence-corrected chi connectivity index (χ3v) is 7.61. The summed E-state index contributed by atoms with van der Waals surface area (Å²) in [5.41, 5.74) is 3.35. The van der Waals surface area contributed by atoms with Crippen LogP contribution in [0.2, 0.25) is 0 Å². The van der Waals surface area contributed by atoms with Crippen LogP contribution in [0.4, 0.5) is 5.13 Å². The van der Waals surface area contributed by atoms with Gasteiger partial charge in [0.05, 0.1) is 12.5 Å². The summed E-state index contributed by atoms with van der Waals surface area (Å²) < 4.78 is 17.7. The molecule has 2 amide bonds. The summed E-state index contributed by atoms with van der Waals surface area (Å²) in [6.07, 6.45) is -0.557. The molecule has 39 heavy (non-hydrogen) atoms. The molecule has 7 N–H and O–H groups in total. The molecule has 1 unspecified atom stereocenters. The van der Waals surface area contributed by atoms with Crippen molar-refractivity contribution in [1.29, 1.82) is 0 Å². The zero-order valence-electron chi connectivity index (χ0n) is 20.6. The summed E-state index contributed by atoms with van der Waals surface area (Å²) in [6, 6.07) is 0.965. The molecule has 0 radical (unpaired) electrons. The van der Waals surface area contributed by atoms with E-state index in [1.54, 1.807) is 0 Å². The molecule has 1 aliphatic rings. The molecule has 1 aromatic heterocycles. The zero-order chi connectivity index (χ0) is 29.3. The van der Waals surface area contributed by atoms with Gasteiger partial charge in [-0.2, -0.15) is 0 Å². The maximum atomic E-state index is 13.0. The Bertz CT molecular complexity index is 1410. The van der Waals surface area contributed by atoms with E-state index < -0.39 is 72.8 Å². The molecular weight excluding hydrogens is 561 g/mol. The second-order valence-electron chi connectivity index (χ2n) is 8.75. The second-order valence-corrected chi connectivity index (χ2v) is 11.2. The van der Waals surface area contributed by atoms with E-state index in [0.717, 1.165) is 23.5 Å². The highest BCUT2D eigenvalue weighted by atomic mass is 32.1. The number of nitrogen functional groups attached to an aromatic ring is 1. The summed E-state index contributed by atoms with van der Waals surface area (Å²) >= 11 is 0.955. The normalized spacial score (nSPS) is 19.0. The lowest BCUT2D eigenvalue weighted by Gasteiger charge is -2.45. The number of carbonyl (C=O) groups is 4. The molecule has 210 valence electrons. The fourth-order valence-corrected chi connectivity index (χ4v) is 5.14. The number of amides is 2. The van der Waals surface area contributed by atoms with Gasteiger partial charge in [-0.05, 0) is 38.5 Å². The summed E-state index contributed by atoms with van der Waals surface area (Å²) in [5, 5.41) is 35.4. The van der Waals surface area contributed by atoms with Crippen molar-refractivity contribution < 1.29 is 53.3 Å². The van der Waals surface area contributed by atoms with Gasteiger partial charge in [-0.3, -0.25) is 19.3 Å². The van der Waals surface area contributed by atoms with Crippen molar-refractivity contribution in [3.05, 3.63) is 34.8 Å². The molecule has 0 spiro atoms. The monoisotopic (exact) mass is 585 g/mol. The van der Waals surface area contributed by atoms with Crippen molar-refractivity contribution in [2.45, 2.75) is 44.9 Å². The minimum absolute atomic E-state index is 0.0628. The van der Waals surface area contributed by atoms with Crippen LogP contribution in [0, 0.1) is 0 Å². The van der Waals surface area contributed by atoms with Gasteiger partial charge in [0.15, 0.2) is 22.3 Å². The first kappa shape index (κ1) is 29.3. The number of phenols is 2. The van der Waals surface area contributed by atoms with Crippen LogP contribution < -0.4 is 11.1 Å².